The smallest absolute Gasteiger partial charge is 0.0494 e. The highest BCUT2D eigenvalue weighted by Gasteiger charge is 1.94. The first-order valence-electron chi connectivity index (χ1n) is 5.55. The molecule has 0 atom stereocenters. The second-order valence-corrected chi connectivity index (χ2v) is 5.20. The Hall–Kier alpha value is -0.260. The summed E-state index contributed by atoms with van der Waals surface area (Å²) in [6, 6.07) is 0. The summed E-state index contributed by atoms with van der Waals surface area (Å²) < 4.78 is 1.13. The molecule has 0 aliphatic carbocycles. The van der Waals surface area contributed by atoms with Crippen LogP contribution in [0.15, 0.2) is 15.2 Å². The maximum Gasteiger partial charge on any atom is 0.0494 e. The van der Waals surface area contributed by atoms with Gasteiger partial charge in [-0.3, -0.25) is 0 Å². The summed E-state index contributed by atoms with van der Waals surface area (Å²) in [7, 11) is 0. The molecule has 0 unspecified atom stereocenters. The van der Waals surface area contributed by atoms with E-state index < -0.39 is 0 Å². The Bertz CT molecular complexity index is 330. The fraction of sp³-hybridized carbons (Fsp3) is 0.538. The zero-order valence-electron chi connectivity index (χ0n) is 9.18. The molecule has 0 amide bonds. The number of rotatable bonds is 5. The molecule has 82 valence electrons. The standard InChI is InChI=1S/C13H17BrS/c1-2-3-4-5-6-7-8-9-12-10-15-11-13(12)14/h10-11H,2-7H2,1H3. The monoisotopic (exact) mass is 284 g/mol. The second kappa shape index (κ2) is 7.96. The van der Waals surface area contributed by atoms with E-state index in [1.54, 1.807) is 11.3 Å². The minimum absolute atomic E-state index is 1.03. The average molecular weight is 285 g/mol. The minimum Gasteiger partial charge on any atom is -0.150 e. The van der Waals surface area contributed by atoms with Gasteiger partial charge in [-0.15, -0.1) is 11.3 Å². The van der Waals surface area contributed by atoms with E-state index in [-0.39, 0.29) is 0 Å². The lowest BCUT2D eigenvalue weighted by Gasteiger charge is -1.94. The van der Waals surface area contributed by atoms with E-state index in [0.29, 0.717) is 0 Å². The fourth-order valence-electron chi connectivity index (χ4n) is 1.35. The zero-order valence-corrected chi connectivity index (χ0v) is 11.6. The van der Waals surface area contributed by atoms with Crippen LogP contribution in [0.5, 0.6) is 0 Å². The summed E-state index contributed by atoms with van der Waals surface area (Å²) in [5, 5.41) is 4.17. The fourth-order valence-corrected chi connectivity index (χ4v) is 2.67. The maximum absolute atomic E-state index is 3.48. The van der Waals surface area contributed by atoms with Gasteiger partial charge >= 0.3 is 0 Å². The third kappa shape index (κ3) is 5.39. The molecule has 15 heavy (non-hydrogen) atoms. The van der Waals surface area contributed by atoms with E-state index in [4.69, 9.17) is 0 Å². The molecule has 0 aliphatic rings. The highest BCUT2D eigenvalue weighted by atomic mass is 79.9. The molecule has 1 aromatic rings. The zero-order chi connectivity index (χ0) is 10.9. The molecule has 0 saturated heterocycles. The first kappa shape index (κ1) is 12.8. The van der Waals surface area contributed by atoms with Crippen molar-refractivity contribution < 1.29 is 0 Å². The third-order valence-corrected chi connectivity index (χ3v) is 3.95. The predicted molar refractivity (Wildman–Crippen MR) is 72.3 cm³/mol. The number of thiophene rings is 1. The molecule has 0 N–H and O–H groups in total. The summed E-state index contributed by atoms with van der Waals surface area (Å²) in [5.41, 5.74) is 1.13. The van der Waals surface area contributed by atoms with Gasteiger partial charge in [-0.1, -0.05) is 44.4 Å². The van der Waals surface area contributed by atoms with Crippen molar-refractivity contribution in [3.8, 4) is 11.8 Å². The molecule has 0 spiro atoms. The quantitative estimate of drug-likeness (QED) is 0.514. The molecule has 1 aromatic heterocycles. The van der Waals surface area contributed by atoms with Gasteiger partial charge in [0.2, 0.25) is 0 Å². The van der Waals surface area contributed by atoms with Crippen LogP contribution in [0.4, 0.5) is 0 Å². The van der Waals surface area contributed by atoms with Crippen molar-refractivity contribution in [2.75, 3.05) is 0 Å². The lowest BCUT2D eigenvalue weighted by Crippen LogP contribution is -1.76. The Morgan fingerprint density at radius 1 is 1.20 bits per heavy atom. The maximum atomic E-state index is 3.48. The minimum atomic E-state index is 1.03. The lowest BCUT2D eigenvalue weighted by molar-refractivity contribution is 0.641. The first-order chi connectivity index (χ1) is 7.34. The van der Waals surface area contributed by atoms with Crippen LogP contribution in [0.3, 0.4) is 0 Å². The summed E-state index contributed by atoms with van der Waals surface area (Å²) in [6.45, 7) is 2.24. The van der Waals surface area contributed by atoms with Crippen molar-refractivity contribution in [3.63, 3.8) is 0 Å². The molecular formula is C13H17BrS. The van der Waals surface area contributed by atoms with Gasteiger partial charge in [0.1, 0.15) is 0 Å². The van der Waals surface area contributed by atoms with E-state index in [1.807, 2.05) is 0 Å². The van der Waals surface area contributed by atoms with Crippen molar-refractivity contribution in [1.82, 2.24) is 0 Å². The highest BCUT2D eigenvalue weighted by molar-refractivity contribution is 9.10. The normalized spacial score (nSPS) is 9.73. The van der Waals surface area contributed by atoms with Gasteiger partial charge in [-0.05, 0) is 22.4 Å². The average Bonchev–Trinajstić information content (AvgIpc) is 2.63. The van der Waals surface area contributed by atoms with E-state index >= 15 is 0 Å². The van der Waals surface area contributed by atoms with Gasteiger partial charge in [0.25, 0.3) is 0 Å². The number of unbranched alkanes of at least 4 members (excludes halogenated alkanes) is 5. The van der Waals surface area contributed by atoms with Crippen LogP contribution in [0.1, 0.15) is 51.0 Å². The summed E-state index contributed by atoms with van der Waals surface area (Å²) in [6.07, 6.45) is 7.64. The van der Waals surface area contributed by atoms with Crippen LogP contribution >= 0.6 is 27.3 Å². The Morgan fingerprint density at radius 2 is 2.00 bits per heavy atom. The van der Waals surface area contributed by atoms with Crippen molar-refractivity contribution >= 4 is 27.3 Å². The summed E-state index contributed by atoms with van der Waals surface area (Å²) in [4.78, 5) is 0. The van der Waals surface area contributed by atoms with Gasteiger partial charge in [0.05, 0.1) is 0 Å². The third-order valence-electron chi connectivity index (χ3n) is 2.24. The van der Waals surface area contributed by atoms with E-state index in [0.717, 1.165) is 16.5 Å². The van der Waals surface area contributed by atoms with Crippen molar-refractivity contribution in [2.24, 2.45) is 0 Å². The van der Waals surface area contributed by atoms with Crippen LogP contribution in [0, 0.1) is 11.8 Å². The first-order valence-corrected chi connectivity index (χ1v) is 7.28. The molecule has 0 nitrogen and oxygen atoms in total. The van der Waals surface area contributed by atoms with Gasteiger partial charge in [0, 0.05) is 27.2 Å². The van der Waals surface area contributed by atoms with Crippen LogP contribution in [-0.4, -0.2) is 0 Å². The molecule has 1 heterocycles. The van der Waals surface area contributed by atoms with Crippen LogP contribution in [-0.2, 0) is 0 Å². The molecule has 0 radical (unpaired) electrons. The Balaban J connectivity index is 2.15. The van der Waals surface area contributed by atoms with E-state index in [2.05, 4.69) is 45.5 Å². The van der Waals surface area contributed by atoms with Crippen molar-refractivity contribution in [2.45, 2.75) is 45.4 Å². The van der Waals surface area contributed by atoms with Crippen molar-refractivity contribution in [1.29, 1.82) is 0 Å². The molecule has 0 bridgehead atoms. The van der Waals surface area contributed by atoms with Gasteiger partial charge in [-0.2, -0.15) is 0 Å². The number of hydrogen-bond acceptors (Lipinski definition) is 1. The largest absolute Gasteiger partial charge is 0.150 e. The molecule has 2 heteroatoms. The van der Waals surface area contributed by atoms with E-state index in [9.17, 15) is 0 Å². The second-order valence-electron chi connectivity index (χ2n) is 3.60. The molecule has 0 saturated carbocycles. The highest BCUT2D eigenvalue weighted by Crippen LogP contribution is 2.19. The molecule has 0 fully saturated rings. The Labute approximate surface area is 105 Å². The van der Waals surface area contributed by atoms with Crippen LogP contribution in [0.25, 0.3) is 0 Å². The van der Waals surface area contributed by atoms with Gasteiger partial charge in [-0.25, -0.2) is 0 Å². The van der Waals surface area contributed by atoms with Crippen molar-refractivity contribution in [3.05, 3.63) is 20.8 Å². The predicted octanol–water partition coefficient (Wildman–Crippen LogP) is 5.22. The van der Waals surface area contributed by atoms with Crippen LogP contribution in [0.2, 0.25) is 0 Å². The molecule has 0 aliphatic heterocycles. The SMILES string of the molecule is CCCCCCCC#Cc1cscc1Br. The molecule has 1 rings (SSSR count). The molecule has 0 aromatic carbocycles. The lowest BCUT2D eigenvalue weighted by atomic mass is 10.1. The Morgan fingerprint density at radius 3 is 2.67 bits per heavy atom. The number of halogens is 1. The van der Waals surface area contributed by atoms with Gasteiger partial charge in [0.15, 0.2) is 0 Å². The van der Waals surface area contributed by atoms with Gasteiger partial charge < -0.3 is 0 Å². The van der Waals surface area contributed by atoms with Crippen LogP contribution < -0.4 is 0 Å². The number of hydrogen-bond donors (Lipinski definition) is 0. The summed E-state index contributed by atoms with van der Waals surface area (Å²) >= 11 is 5.17. The summed E-state index contributed by atoms with van der Waals surface area (Å²) in [5.74, 6) is 6.43. The molecular weight excluding hydrogens is 268 g/mol. The Kier molecular flexibility index (Phi) is 6.80. The topological polar surface area (TPSA) is 0 Å². The van der Waals surface area contributed by atoms with E-state index in [1.165, 1.54) is 32.1 Å².